The Balaban J connectivity index is 1.63. The monoisotopic (exact) mass is 353 g/mol. The standard InChI is InChI=1S/C16H11F4N3O2/c17-10-1-6-14-21-12(9-23(14)8-10)7-15(24)22-11-2-4-13(5-3-11)25-16(18,19)20/h1-6,8-9H,7H2,(H,22,24). The fourth-order valence-electron chi connectivity index (χ4n) is 2.21. The molecule has 0 fully saturated rings. The topological polar surface area (TPSA) is 55.6 Å². The van der Waals surface area contributed by atoms with Gasteiger partial charge in [0.05, 0.1) is 12.1 Å². The number of nitrogens with one attached hydrogen (secondary N) is 1. The molecular formula is C16H11F4N3O2. The Hall–Kier alpha value is -3.10. The van der Waals surface area contributed by atoms with Crippen LogP contribution < -0.4 is 10.1 Å². The summed E-state index contributed by atoms with van der Waals surface area (Å²) in [5.74, 6) is -1.22. The first-order chi connectivity index (χ1) is 11.8. The van der Waals surface area contributed by atoms with Gasteiger partial charge in [-0.2, -0.15) is 0 Å². The van der Waals surface area contributed by atoms with Crippen LogP contribution in [-0.2, 0) is 11.2 Å². The molecule has 0 saturated heterocycles. The summed E-state index contributed by atoms with van der Waals surface area (Å²) in [4.78, 5) is 16.2. The van der Waals surface area contributed by atoms with Crippen molar-refractivity contribution in [3.05, 3.63) is 60.3 Å². The Morgan fingerprint density at radius 2 is 1.84 bits per heavy atom. The number of aromatic nitrogens is 2. The van der Waals surface area contributed by atoms with Gasteiger partial charge in [-0.1, -0.05) is 0 Å². The fourth-order valence-corrected chi connectivity index (χ4v) is 2.21. The van der Waals surface area contributed by atoms with Crippen molar-refractivity contribution in [1.82, 2.24) is 9.38 Å². The first-order valence-corrected chi connectivity index (χ1v) is 7.07. The summed E-state index contributed by atoms with van der Waals surface area (Å²) in [7, 11) is 0. The summed E-state index contributed by atoms with van der Waals surface area (Å²) in [5, 5.41) is 2.54. The second-order valence-electron chi connectivity index (χ2n) is 5.14. The molecular weight excluding hydrogens is 342 g/mol. The van der Waals surface area contributed by atoms with Gasteiger partial charge in [0.2, 0.25) is 5.91 Å². The SMILES string of the molecule is O=C(Cc1cn2cc(F)ccc2n1)Nc1ccc(OC(F)(F)F)cc1. The molecule has 0 aliphatic rings. The third-order valence-corrected chi connectivity index (χ3v) is 3.18. The van der Waals surface area contributed by atoms with Gasteiger partial charge in [0.25, 0.3) is 0 Å². The van der Waals surface area contributed by atoms with Crippen molar-refractivity contribution in [2.75, 3.05) is 5.32 Å². The molecule has 0 spiro atoms. The van der Waals surface area contributed by atoms with E-state index in [0.29, 0.717) is 17.0 Å². The predicted molar refractivity (Wildman–Crippen MR) is 80.6 cm³/mol. The zero-order valence-electron chi connectivity index (χ0n) is 12.5. The maximum absolute atomic E-state index is 13.1. The molecule has 0 radical (unpaired) electrons. The molecule has 0 aliphatic carbocycles. The highest BCUT2D eigenvalue weighted by atomic mass is 19.4. The number of carbonyl (C=O) groups excluding carboxylic acids is 1. The normalized spacial score (nSPS) is 11.5. The maximum Gasteiger partial charge on any atom is 0.573 e. The molecule has 3 rings (SSSR count). The fraction of sp³-hybridized carbons (Fsp3) is 0.125. The lowest BCUT2D eigenvalue weighted by molar-refractivity contribution is -0.274. The minimum atomic E-state index is -4.77. The second-order valence-corrected chi connectivity index (χ2v) is 5.14. The van der Waals surface area contributed by atoms with E-state index in [1.807, 2.05) is 0 Å². The van der Waals surface area contributed by atoms with Crippen LogP contribution in [0, 0.1) is 5.82 Å². The average molecular weight is 353 g/mol. The number of alkyl halides is 3. The molecule has 0 aliphatic heterocycles. The van der Waals surface area contributed by atoms with Crippen molar-refractivity contribution >= 4 is 17.2 Å². The molecule has 1 N–H and O–H groups in total. The van der Waals surface area contributed by atoms with Gasteiger partial charge in [0.15, 0.2) is 0 Å². The highest BCUT2D eigenvalue weighted by molar-refractivity contribution is 5.92. The Morgan fingerprint density at radius 3 is 2.52 bits per heavy atom. The second kappa shape index (κ2) is 6.42. The molecule has 130 valence electrons. The van der Waals surface area contributed by atoms with Crippen molar-refractivity contribution < 1.29 is 27.1 Å². The number of hydrogen-bond acceptors (Lipinski definition) is 3. The third kappa shape index (κ3) is 4.46. The zero-order chi connectivity index (χ0) is 18.0. The maximum atomic E-state index is 13.1. The van der Waals surface area contributed by atoms with E-state index in [0.717, 1.165) is 12.1 Å². The van der Waals surface area contributed by atoms with Crippen LogP contribution >= 0.6 is 0 Å². The lowest BCUT2D eigenvalue weighted by atomic mass is 10.2. The first-order valence-electron chi connectivity index (χ1n) is 7.07. The molecule has 0 atom stereocenters. The van der Waals surface area contributed by atoms with E-state index in [1.165, 1.54) is 41.1 Å². The number of ether oxygens (including phenoxy) is 1. The van der Waals surface area contributed by atoms with Gasteiger partial charge in [-0.3, -0.25) is 4.79 Å². The number of imidazole rings is 1. The largest absolute Gasteiger partial charge is 0.573 e. The number of rotatable bonds is 4. The van der Waals surface area contributed by atoms with E-state index in [2.05, 4.69) is 15.0 Å². The summed E-state index contributed by atoms with van der Waals surface area (Å²) in [6.07, 6.45) is -2.07. The Bertz CT molecular complexity index is 904. The molecule has 0 saturated carbocycles. The van der Waals surface area contributed by atoms with E-state index in [9.17, 15) is 22.4 Å². The van der Waals surface area contributed by atoms with Gasteiger partial charge in [-0.05, 0) is 36.4 Å². The first kappa shape index (κ1) is 16.7. The van der Waals surface area contributed by atoms with Crippen LogP contribution in [0.1, 0.15) is 5.69 Å². The molecule has 0 bridgehead atoms. The lowest BCUT2D eigenvalue weighted by Gasteiger charge is -2.09. The highest BCUT2D eigenvalue weighted by Crippen LogP contribution is 2.24. The van der Waals surface area contributed by atoms with Gasteiger partial charge in [0, 0.05) is 18.1 Å². The molecule has 2 aromatic heterocycles. The van der Waals surface area contributed by atoms with E-state index in [4.69, 9.17) is 0 Å². The van der Waals surface area contributed by atoms with Crippen LogP contribution in [-0.4, -0.2) is 21.7 Å². The number of hydrogen-bond donors (Lipinski definition) is 1. The molecule has 9 heteroatoms. The number of anilines is 1. The minimum absolute atomic E-state index is 0.0654. The minimum Gasteiger partial charge on any atom is -0.406 e. The number of nitrogens with zero attached hydrogens (tertiary/aromatic N) is 2. The van der Waals surface area contributed by atoms with Crippen molar-refractivity contribution in [2.24, 2.45) is 0 Å². The number of carbonyl (C=O) groups is 1. The molecule has 0 unspecified atom stereocenters. The van der Waals surface area contributed by atoms with Crippen LogP contribution in [0.2, 0.25) is 0 Å². The number of fused-ring (bicyclic) bond motifs is 1. The molecule has 5 nitrogen and oxygen atoms in total. The summed E-state index contributed by atoms with van der Waals surface area (Å²) < 4.78 is 54.6. The van der Waals surface area contributed by atoms with Gasteiger partial charge in [0.1, 0.15) is 17.2 Å². The zero-order valence-corrected chi connectivity index (χ0v) is 12.5. The molecule has 2 heterocycles. The van der Waals surface area contributed by atoms with E-state index >= 15 is 0 Å². The van der Waals surface area contributed by atoms with E-state index in [1.54, 1.807) is 0 Å². The van der Waals surface area contributed by atoms with E-state index in [-0.39, 0.29) is 12.2 Å². The van der Waals surface area contributed by atoms with Crippen LogP contribution in [0.3, 0.4) is 0 Å². The number of halogens is 4. The van der Waals surface area contributed by atoms with Crippen molar-refractivity contribution in [3.63, 3.8) is 0 Å². The van der Waals surface area contributed by atoms with Crippen molar-refractivity contribution in [2.45, 2.75) is 12.8 Å². The number of pyridine rings is 1. The van der Waals surface area contributed by atoms with Crippen LogP contribution in [0.4, 0.5) is 23.2 Å². The number of amides is 1. The smallest absolute Gasteiger partial charge is 0.406 e. The van der Waals surface area contributed by atoms with Gasteiger partial charge < -0.3 is 14.5 Å². The van der Waals surface area contributed by atoms with Crippen molar-refractivity contribution in [1.29, 1.82) is 0 Å². The predicted octanol–water partition coefficient (Wildman–Crippen LogP) is 3.55. The average Bonchev–Trinajstić information content (AvgIpc) is 2.89. The number of benzene rings is 1. The summed E-state index contributed by atoms with van der Waals surface area (Å²) in [5.41, 5.74) is 1.24. The molecule has 1 amide bonds. The third-order valence-electron chi connectivity index (χ3n) is 3.18. The van der Waals surface area contributed by atoms with Crippen LogP contribution in [0.5, 0.6) is 5.75 Å². The van der Waals surface area contributed by atoms with E-state index < -0.39 is 18.1 Å². The van der Waals surface area contributed by atoms with Crippen molar-refractivity contribution in [3.8, 4) is 5.75 Å². The van der Waals surface area contributed by atoms with Gasteiger partial charge >= 0.3 is 6.36 Å². The molecule has 1 aromatic carbocycles. The van der Waals surface area contributed by atoms with Crippen LogP contribution in [0.15, 0.2) is 48.8 Å². The Morgan fingerprint density at radius 1 is 1.12 bits per heavy atom. The Labute approximate surface area is 138 Å². The van der Waals surface area contributed by atoms with Gasteiger partial charge in [-0.25, -0.2) is 9.37 Å². The summed E-state index contributed by atoms with van der Waals surface area (Å²) in [6.45, 7) is 0. The molecule has 3 aromatic rings. The quantitative estimate of drug-likeness (QED) is 0.730. The summed E-state index contributed by atoms with van der Waals surface area (Å²) >= 11 is 0. The van der Waals surface area contributed by atoms with Crippen LogP contribution in [0.25, 0.3) is 5.65 Å². The highest BCUT2D eigenvalue weighted by Gasteiger charge is 2.30. The Kier molecular flexibility index (Phi) is 4.30. The van der Waals surface area contributed by atoms with Gasteiger partial charge in [-0.15, -0.1) is 13.2 Å². The lowest BCUT2D eigenvalue weighted by Crippen LogP contribution is -2.17. The molecule has 25 heavy (non-hydrogen) atoms. The summed E-state index contributed by atoms with van der Waals surface area (Å²) in [6, 6.07) is 7.51.